The molecule has 1 aliphatic carbocycles. The number of fused-ring (bicyclic) bond motifs is 4. The van der Waals surface area contributed by atoms with Gasteiger partial charge in [0, 0.05) is 16.1 Å². The average Bonchev–Trinajstić information content (AvgIpc) is 3.29. The summed E-state index contributed by atoms with van der Waals surface area (Å²) in [6.07, 6.45) is 5.33. The highest BCUT2D eigenvalue weighted by Gasteiger charge is 2.39. The van der Waals surface area contributed by atoms with E-state index >= 15 is 0 Å². The van der Waals surface area contributed by atoms with Crippen LogP contribution in [-0.2, 0) is 0 Å². The van der Waals surface area contributed by atoms with Gasteiger partial charge < -0.3 is 19.9 Å². The minimum Gasteiger partial charge on any atom is -0.478 e. The van der Waals surface area contributed by atoms with Gasteiger partial charge in [0.05, 0.1) is 11.6 Å². The van der Waals surface area contributed by atoms with Crippen molar-refractivity contribution in [3.05, 3.63) is 63.6 Å². The molecule has 0 fully saturated rings. The van der Waals surface area contributed by atoms with Crippen molar-refractivity contribution in [2.45, 2.75) is 18.4 Å². The molecule has 6 heteroatoms. The molecular formula is C20H16BrNO4. The number of hydrogen-bond donors (Lipinski definition) is 2. The normalized spacial score (nSPS) is 24.7. The molecule has 2 aromatic rings. The number of anilines is 1. The van der Waals surface area contributed by atoms with Crippen molar-refractivity contribution in [1.29, 1.82) is 0 Å². The maximum atomic E-state index is 11.3. The van der Waals surface area contributed by atoms with Crippen LogP contribution in [0.15, 0.2) is 47.0 Å². The summed E-state index contributed by atoms with van der Waals surface area (Å²) >= 11 is 3.68. The van der Waals surface area contributed by atoms with E-state index in [9.17, 15) is 9.90 Å². The number of aromatic carboxylic acids is 1. The first-order valence-corrected chi connectivity index (χ1v) is 9.30. The molecule has 5 nitrogen and oxygen atoms in total. The van der Waals surface area contributed by atoms with E-state index in [0.717, 1.165) is 39.2 Å². The molecule has 2 aromatic carbocycles. The van der Waals surface area contributed by atoms with Crippen molar-refractivity contribution in [3.63, 3.8) is 0 Å². The van der Waals surface area contributed by atoms with Crippen LogP contribution >= 0.6 is 15.9 Å². The quantitative estimate of drug-likeness (QED) is 0.698. The number of carboxylic acids is 1. The summed E-state index contributed by atoms with van der Waals surface area (Å²) in [7, 11) is 0. The van der Waals surface area contributed by atoms with Crippen LogP contribution in [0.2, 0.25) is 0 Å². The maximum absolute atomic E-state index is 11.3. The monoisotopic (exact) mass is 413 g/mol. The number of carboxylic acid groups (broad SMARTS) is 1. The van der Waals surface area contributed by atoms with E-state index in [1.165, 1.54) is 0 Å². The highest BCUT2D eigenvalue weighted by molar-refractivity contribution is 9.10. The molecule has 3 atom stereocenters. The fourth-order valence-electron chi connectivity index (χ4n) is 4.21. The van der Waals surface area contributed by atoms with Gasteiger partial charge in [-0.2, -0.15) is 0 Å². The topological polar surface area (TPSA) is 67.8 Å². The molecular weight excluding hydrogens is 398 g/mol. The Hall–Kier alpha value is -2.47. The van der Waals surface area contributed by atoms with Crippen LogP contribution in [0.1, 0.15) is 39.9 Å². The number of halogens is 1. The molecule has 3 aliphatic rings. The van der Waals surface area contributed by atoms with Crippen molar-refractivity contribution in [3.8, 4) is 11.5 Å². The zero-order chi connectivity index (χ0) is 17.8. The second-order valence-corrected chi connectivity index (χ2v) is 7.66. The second kappa shape index (κ2) is 5.77. The Morgan fingerprint density at radius 1 is 1.15 bits per heavy atom. The van der Waals surface area contributed by atoms with Gasteiger partial charge >= 0.3 is 5.97 Å². The van der Waals surface area contributed by atoms with Crippen LogP contribution in [0.25, 0.3) is 0 Å². The summed E-state index contributed by atoms with van der Waals surface area (Å²) in [5.41, 5.74) is 3.49. The molecule has 0 spiro atoms. The lowest BCUT2D eigenvalue weighted by molar-refractivity contribution is 0.0696. The van der Waals surface area contributed by atoms with Gasteiger partial charge in [0.25, 0.3) is 0 Å². The molecule has 2 N–H and O–H groups in total. The Kier molecular flexibility index (Phi) is 3.50. The lowest BCUT2D eigenvalue weighted by Gasteiger charge is -2.38. The average molecular weight is 414 g/mol. The third kappa shape index (κ3) is 2.32. The molecule has 2 heterocycles. The Morgan fingerprint density at radius 3 is 2.77 bits per heavy atom. The first kappa shape index (κ1) is 15.8. The Bertz CT molecular complexity index is 955. The Balaban J connectivity index is 1.59. The molecule has 0 bridgehead atoms. The van der Waals surface area contributed by atoms with Crippen molar-refractivity contribution < 1.29 is 19.4 Å². The summed E-state index contributed by atoms with van der Waals surface area (Å²) in [6.45, 7) is 0.248. The number of allylic oxidation sites excluding steroid dienone is 2. The van der Waals surface area contributed by atoms with Crippen molar-refractivity contribution in [1.82, 2.24) is 0 Å². The van der Waals surface area contributed by atoms with Crippen molar-refractivity contribution in [2.24, 2.45) is 5.92 Å². The lowest BCUT2D eigenvalue weighted by atomic mass is 9.76. The van der Waals surface area contributed by atoms with E-state index in [0.29, 0.717) is 11.5 Å². The van der Waals surface area contributed by atoms with Gasteiger partial charge in [-0.3, -0.25) is 0 Å². The van der Waals surface area contributed by atoms with Gasteiger partial charge in [-0.05, 0) is 53.8 Å². The lowest BCUT2D eigenvalue weighted by Crippen LogP contribution is -2.29. The predicted molar refractivity (Wildman–Crippen MR) is 100 cm³/mol. The van der Waals surface area contributed by atoms with E-state index in [1.807, 2.05) is 18.2 Å². The summed E-state index contributed by atoms with van der Waals surface area (Å²) in [4.78, 5) is 11.3. The zero-order valence-corrected chi connectivity index (χ0v) is 15.3. The fourth-order valence-corrected chi connectivity index (χ4v) is 4.78. The molecule has 0 radical (unpaired) electrons. The van der Waals surface area contributed by atoms with Gasteiger partial charge in [-0.25, -0.2) is 4.79 Å². The predicted octanol–water partition coefficient (Wildman–Crippen LogP) is 4.70. The molecule has 5 rings (SSSR count). The molecule has 0 aromatic heterocycles. The summed E-state index contributed by atoms with van der Waals surface area (Å²) in [5, 5.41) is 12.9. The standard InChI is InChI=1S/C20H16BrNO4/c21-15-8-18-17(25-9-26-18)7-14(15)19-12-3-1-2-11(12)13-6-10(20(23)24)4-5-16(13)22-19/h1-2,4-8,11-12,19,22H,3,9H2,(H,23,24)/t11-,12+,19+/m1/s1. The van der Waals surface area contributed by atoms with E-state index in [4.69, 9.17) is 9.47 Å². The smallest absolute Gasteiger partial charge is 0.335 e. The Labute approximate surface area is 158 Å². The molecule has 2 aliphatic heterocycles. The Morgan fingerprint density at radius 2 is 1.96 bits per heavy atom. The van der Waals surface area contributed by atoms with Gasteiger partial charge in [0.15, 0.2) is 11.5 Å². The summed E-state index contributed by atoms with van der Waals surface area (Å²) in [5.74, 6) is 1.15. The van der Waals surface area contributed by atoms with Crippen LogP contribution < -0.4 is 14.8 Å². The third-order valence-corrected chi connectivity index (χ3v) is 6.12. The van der Waals surface area contributed by atoms with Crippen LogP contribution in [0, 0.1) is 5.92 Å². The molecule has 0 amide bonds. The molecule has 0 unspecified atom stereocenters. The molecule has 0 saturated carbocycles. The summed E-state index contributed by atoms with van der Waals surface area (Å²) in [6, 6.07) is 9.41. The third-order valence-electron chi connectivity index (χ3n) is 5.44. The number of benzene rings is 2. The van der Waals surface area contributed by atoms with E-state index in [-0.39, 0.29) is 18.8 Å². The highest BCUT2D eigenvalue weighted by atomic mass is 79.9. The second-order valence-electron chi connectivity index (χ2n) is 6.81. The minimum absolute atomic E-state index is 0.0991. The largest absolute Gasteiger partial charge is 0.478 e. The van der Waals surface area contributed by atoms with Crippen LogP contribution in [0.5, 0.6) is 11.5 Å². The number of rotatable bonds is 2. The number of ether oxygens (including phenoxy) is 2. The first-order valence-electron chi connectivity index (χ1n) is 8.51. The van der Waals surface area contributed by atoms with Crippen molar-refractivity contribution in [2.75, 3.05) is 12.1 Å². The maximum Gasteiger partial charge on any atom is 0.335 e. The van der Waals surface area contributed by atoms with Gasteiger partial charge in [-0.1, -0.05) is 28.1 Å². The highest BCUT2D eigenvalue weighted by Crippen LogP contribution is 2.52. The minimum atomic E-state index is -0.896. The van der Waals surface area contributed by atoms with Crippen LogP contribution in [0.3, 0.4) is 0 Å². The van der Waals surface area contributed by atoms with Gasteiger partial charge in [0.2, 0.25) is 6.79 Å². The van der Waals surface area contributed by atoms with Gasteiger partial charge in [-0.15, -0.1) is 0 Å². The number of hydrogen-bond acceptors (Lipinski definition) is 4. The SMILES string of the molecule is O=C(O)c1ccc2c(c1)[C@@H]1C=CC[C@@H]1[C@@H](c1cc3c(cc1Br)OCO3)N2. The van der Waals surface area contributed by atoms with E-state index in [2.05, 4.69) is 33.4 Å². The van der Waals surface area contributed by atoms with Crippen LogP contribution in [-0.4, -0.2) is 17.9 Å². The molecule has 26 heavy (non-hydrogen) atoms. The summed E-state index contributed by atoms with van der Waals surface area (Å²) < 4.78 is 12.0. The molecule has 0 saturated heterocycles. The molecule has 132 valence electrons. The van der Waals surface area contributed by atoms with Crippen LogP contribution in [0.4, 0.5) is 5.69 Å². The van der Waals surface area contributed by atoms with Gasteiger partial charge in [0.1, 0.15) is 0 Å². The fraction of sp³-hybridized carbons (Fsp3) is 0.250. The number of nitrogens with one attached hydrogen (secondary N) is 1. The first-order chi connectivity index (χ1) is 12.6. The number of carbonyl (C=O) groups is 1. The van der Waals surface area contributed by atoms with Crippen molar-refractivity contribution >= 4 is 27.6 Å². The van der Waals surface area contributed by atoms with E-state index in [1.54, 1.807) is 12.1 Å². The van der Waals surface area contributed by atoms with E-state index < -0.39 is 5.97 Å². The zero-order valence-electron chi connectivity index (χ0n) is 13.7.